The summed E-state index contributed by atoms with van der Waals surface area (Å²) >= 11 is 0. The van der Waals surface area contributed by atoms with Gasteiger partial charge in [-0.1, -0.05) is 0 Å². The van der Waals surface area contributed by atoms with Crippen molar-refractivity contribution in [2.24, 2.45) is 0 Å². The summed E-state index contributed by atoms with van der Waals surface area (Å²) in [5.41, 5.74) is -0.460. The van der Waals surface area contributed by atoms with Gasteiger partial charge in [0.1, 0.15) is 5.60 Å². The van der Waals surface area contributed by atoms with Gasteiger partial charge < -0.3 is 15.0 Å². The maximum Gasteiger partial charge on any atom is 0.407 e. The lowest BCUT2D eigenvalue weighted by Crippen LogP contribution is -2.60. The van der Waals surface area contributed by atoms with Crippen LogP contribution < -0.4 is 10.2 Å². The van der Waals surface area contributed by atoms with Crippen LogP contribution in [0.25, 0.3) is 0 Å². The van der Waals surface area contributed by atoms with Crippen LogP contribution in [0, 0.1) is 0 Å². The van der Waals surface area contributed by atoms with Gasteiger partial charge in [0.05, 0.1) is 6.04 Å². The van der Waals surface area contributed by atoms with Crippen LogP contribution in [0.4, 0.5) is 10.6 Å². The number of aromatic nitrogens is 2. The lowest BCUT2D eigenvalue weighted by atomic mass is 10.1. The van der Waals surface area contributed by atoms with Crippen LogP contribution in [0.5, 0.6) is 0 Å². The van der Waals surface area contributed by atoms with Crippen LogP contribution in [-0.2, 0) is 4.74 Å². The molecule has 1 aromatic heterocycles. The number of hydrogen-bond acceptors (Lipinski definition) is 5. The molecule has 0 aromatic carbocycles. The molecule has 0 atom stereocenters. The summed E-state index contributed by atoms with van der Waals surface area (Å²) in [4.78, 5) is 13.6. The monoisotopic (exact) mass is 250 g/mol. The minimum absolute atomic E-state index is 0.113. The number of alkyl carbamates (subject to hydrolysis) is 1. The van der Waals surface area contributed by atoms with E-state index in [0.717, 1.165) is 18.9 Å². The molecule has 6 heteroatoms. The lowest BCUT2D eigenvalue weighted by molar-refractivity contribution is 0.0496. The molecule has 6 nitrogen and oxygen atoms in total. The number of hydrogen-bond donors (Lipinski definition) is 1. The Labute approximate surface area is 106 Å². The van der Waals surface area contributed by atoms with Crippen molar-refractivity contribution in [1.82, 2.24) is 15.5 Å². The maximum atomic E-state index is 11.5. The molecular formula is C12H18N4O2. The Morgan fingerprint density at radius 1 is 1.50 bits per heavy atom. The molecule has 98 valence electrons. The van der Waals surface area contributed by atoms with E-state index >= 15 is 0 Å². The first-order valence-corrected chi connectivity index (χ1v) is 5.96. The molecule has 1 aliphatic rings. The highest BCUT2D eigenvalue weighted by atomic mass is 16.6. The van der Waals surface area contributed by atoms with Crippen LogP contribution in [0.2, 0.25) is 0 Å². The molecular weight excluding hydrogens is 232 g/mol. The van der Waals surface area contributed by atoms with E-state index in [1.54, 1.807) is 6.20 Å². The summed E-state index contributed by atoms with van der Waals surface area (Å²) in [5.74, 6) is 0.833. The van der Waals surface area contributed by atoms with E-state index in [4.69, 9.17) is 4.74 Å². The van der Waals surface area contributed by atoms with Crippen LogP contribution in [0.3, 0.4) is 0 Å². The summed E-state index contributed by atoms with van der Waals surface area (Å²) in [7, 11) is 0. The standard InChI is InChI=1S/C12H18N4O2/c1-12(2,3)18-11(17)14-9-7-16(8-9)10-5-4-6-13-15-10/h4-6,9H,7-8H2,1-3H3,(H,14,17). The van der Waals surface area contributed by atoms with Gasteiger partial charge in [-0.05, 0) is 32.9 Å². The normalized spacial score (nSPS) is 16.1. The molecule has 0 bridgehead atoms. The quantitative estimate of drug-likeness (QED) is 0.854. The van der Waals surface area contributed by atoms with Crippen LogP contribution in [-0.4, -0.2) is 41.0 Å². The fourth-order valence-corrected chi connectivity index (χ4v) is 1.69. The van der Waals surface area contributed by atoms with Gasteiger partial charge in [0.25, 0.3) is 0 Å². The molecule has 0 radical (unpaired) electrons. The second-order valence-electron chi connectivity index (χ2n) is 5.33. The van der Waals surface area contributed by atoms with Gasteiger partial charge in [0.15, 0.2) is 5.82 Å². The molecule has 2 heterocycles. The Bertz CT molecular complexity index is 410. The molecule has 1 amide bonds. The van der Waals surface area contributed by atoms with Crippen molar-refractivity contribution in [3.63, 3.8) is 0 Å². The largest absolute Gasteiger partial charge is 0.444 e. The Hall–Kier alpha value is -1.85. The maximum absolute atomic E-state index is 11.5. The van der Waals surface area contributed by atoms with Crippen LogP contribution in [0.1, 0.15) is 20.8 Å². The van der Waals surface area contributed by atoms with Crippen molar-refractivity contribution in [2.75, 3.05) is 18.0 Å². The number of nitrogens with one attached hydrogen (secondary N) is 1. The number of amides is 1. The molecule has 1 N–H and O–H groups in total. The fraction of sp³-hybridized carbons (Fsp3) is 0.583. The van der Waals surface area contributed by atoms with Crippen molar-refractivity contribution in [2.45, 2.75) is 32.4 Å². The van der Waals surface area contributed by atoms with E-state index in [2.05, 4.69) is 20.4 Å². The van der Waals surface area contributed by atoms with Crippen molar-refractivity contribution < 1.29 is 9.53 Å². The second-order valence-corrected chi connectivity index (χ2v) is 5.33. The van der Waals surface area contributed by atoms with Gasteiger partial charge in [-0.25, -0.2) is 4.79 Å². The van der Waals surface area contributed by atoms with Gasteiger partial charge in [0.2, 0.25) is 0 Å². The van der Waals surface area contributed by atoms with E-state index in [9.17, 15) is 4.79 Å². The SMILES string of the molecule is CC(C)(C)OC(=O)NC1CN(c2cccnn2)C1. The third-order valence-electron chi connectivity index (χ3n) is 2.48. The Kier molecular flexibility index (Phi) is 3.36. The second kappa shape index (κ2) is 4.80. The smallest absolute Gasteiger partial charge is 0.407 e. The predicted molar refractivity (Wildman–Crippen MR) is 67.4 cm³/mol. The Morgan fingerprint density at radius 2 is 2.22 bits per heavy atom. The van der Waals surface area contributed by atoms with E-state index in [-0.39, 0.29) is 12.1 Å². The van der Waals surface area contributed by atoms with E-state index in [1.165, 1.54) is 0 Å². The molecule has 18 heavy (non-hydrogen) atoms. The lowest BCUT2D eigenvalue weighted by Gasteiger charge is -2.40. The zero-order chi connectivity index (χ0) is 13.2. The molecule has 1 aliphatic heterocycles. The predicted octanol–water partition coefficient (Wildman–Crippen LogP) is 1.19. The zero-order valence-corrected chi connectivity index (χ0v) is 10.9. The van der Waals surface area contributed by atoms with E-state index in [1.807, 2.05) is 32.9 Å². The highest BCUT2D eigenvalue weighted by molar-refractivity contribution is 5.68. The van der Waals surface area contributed by atoms with E-state index in [0.29, 0.717) is 0 Å². The van der Waals surface area contributed by atoms with E-state index < -0.39 is 5.60 Å². The molecule has 1 saturated heterocycles. The number of rotatable bonds is 2. The Morgan fingerprint density at radius 3 is 2.78 bits per heavy atom. The first-order chi connectivity index (χ1) is 8.44. The van der Waals surface area contributed by atoms with Gasteiger partial charge in [-0.3, -0.25) is 0 Å². The van der Waals surface area contributed by atoms with Crippen molar-refractivity contribution in [1.29, 1.82) is 0 Å². The van der Waals surface area contributed by atoms with Gasteiger partial charge >= 0.3 is 6.09 Å². The van der Waals surface area contributed by atoms with Crippen molar-refractivity contribution >= 4 is 11.9 Å². The third-order valence-corrected chi connectivity index (χ3v) is 2.48. The number of carbonyl (C=O) groups is 1. The minimum Gasteiger partial charge on any atom is -0.444 e. The molecule has 1 fully saturated rings. The number of anilines is 1. The average molecular weight is 250 g/mol. The topological polar surface area (TPSA) is 67.3 Å². The van der Waals surface area contributed by atoms with Crippen LogP contribution in [0.15, 0.2) is 18.3 Å². The van der Waals surface area contributed by atoms with Crippen LogP contribution >= 0.6 is 0 Å². The molecule has 0 unspecified atom stereocenters. The molecule has 0 spiro atoms. The molecule has 1 aromatic rings. The summed E-state index contributed by atoms with van der Waals surface area (Å²) < 4.78 is 5.19. The van der Waals surface area contributed by atoms with Crippen molar-refractivity contribution in [3.05, 3.63) is 18.3 Å². The summed E-state index contributed by atoms with van der Waals surface area (Å²) in [5, 5.41) is 10.6. The van der Waals surface area contributed by atoms with Gasteiger partial charge in [-0.2, -0.15) is 5.10 Å². The minimum atomic E-state index is -0.460. The van der Waals surface area contributed by atoms with Gasteiger partial charge in [0, 0.05) is 19.3 Å². The first-order valence-electron chi connectivity index (χ1n) is 5.96. The summed E-state index contributed by atoms with van der Waals surface area (Å²) in [6.45, 7) is 7.01. The molecule has 0 saturated carbocycles. The highest BCUT2D eigenvalue weighted by Gasteiger charge is 2.30. The average Bonchev–Trinajstić information content (AvgIpc) is 2.21. The zero-order valence-electron chi connectivity index (χ0n) is 10.9. The number of carbonyl (C=O) groups excluding carboxylic acids is 1. The number of nitrogens with zero attached hydrogens (tertiary/aromatic N) is 3. The Balaban J connectivity index is 1.75. The third kappa shape index (κ3) is 3.32. The van der Waals surface area contributed by atoms with Crippen molar-refractivity contribution in [3.8, 4) is 0 Å². The fourth-order valence-electron chi connectivity index (χ4n) is 1.69. The molecule has 2 rings (SSSR count). The van der Waals surface area contributed by atoms with Gasteiger partial charge in [-0.15, -0.1) is 5.10 Å². The summed E-state index contributed by atoms with van der Waals surface area (Å²) in [6, 6.07) is 3.86. The summed E-state index contributed by atoms with van der Waals surface area (Å²) in [6.07, 6.45) is 1.27. The number of ether oxygens (including phenoxy) is 1. The first kappa shape index (κ1) is 12.6. The highest BCUT2D eigenvalue weighted by Crippen LogP contribution is 2.17. The molecule has 0 aliphatic carbocycles.